The van der Waals surface area contributed by atoms with Crippen LogP contribution < -0.4 is 14.9 Å². The molecule has 0 aliphatic carbocycles. The van der Waals surface area contributed by atoms with Gasteiger partial charge in [0.1, 0.15) is 11.5 Å². The Morgan fingerprint density at radius 1 is 1.09 bits per heavy atom. The molecule has 114 valence electrons. The fourth-order valence-electron chi connectivity index (χ4n) is 1.86. The van der Waals surface area contributed by atoms with Gasteiger partial charge < -0.3 is 9.47 Å². The maximum Gasteiger partial charge on any atom is 0.271 e. The van der Waals surface area contributed by atoms with Gasteiger partial charge in [0.2, 0.25) is 0 Å². The number of methoxy groups -OCH3 is 2. The summed E-state index contributed by atoms with van der Waals surface area (Å²) in [5, 5.41) is 3.96. The molecule has 0 bridgehead atoms. The maximum absolute atomic E-state index is 11.9. The van der Waals surface area contributed by atoms with Crippen LogP contribution in [0.4, 0.5) is 0 Å². The van der Waals surface area contributed by atoms with Gasteiger partial charge >= 0.3 is 0 Å². The molecule has 0 saturated carbocycles. The van der Waals surface area contributed by atoms with Crippen LogP contribution in [0.5, 0.6) is 11.5 Å². The molecule has 5 nitrogen and oxygen atoms in total. The van der Waals surface area contributed by atoms with Crippen molar-refractivity contribution in [2.75, 3.05) is 14.2 Å². The first-order valence-corrected chi connectivity index (χ1v) is 6.76. The van der Waals surface area contributed by atoms with E-state index >= 15 is 0 Å². The molecule has 5 heteroatoms. The lowest BCUT2D eigenvalue weighted by Crippen LogP contribution is -2.17. The number of carbonyl (C=O) groups excluding carboxylic acids is 1. The first-order chi connectivity index (χ1) is 10.6. The summed E-state index contributed by atoms with van der Waals surface area (Å²) < 4.78 is 10.4. The van der Waals surface area contributed by atoms with Gasteiger partial charge in [-0.1, -0.05) is 17.7 Å². The van der Waals surface area contributed by atoms with Crippen LogP contribution in [-0.4, -0.2) is 26.3 Å². The van der Waals surface area contributed by atoms with Crippen LogP contribution in [0, 0.1) is 6.92 Å². The van der Waals surface area contributed by atoms with Gasteiger partial charge in [-0.05, 0) is 31.2 Å². The van der Waals surface area contributed by atoms with Crippen molar-refractivity contribution in [3.05, 3.63) is 59.2 Å². The van der Waals surface area contributed by atoms with Crippen molar-refractivity contribution < 1.29 is 14.3 Å². The third-order valence-corrected chi connectivity index (χ3v) is 3.12. The van der Waals surface area contributed by atoms with Gasteiger partial charge in [0, 0.05) is 17.2 Å². The van der Waals surface area contributed by atoms with Crippen LogP contribution in [-0.2, 0) is 0 Å². The molecule has 0 saturated heterocycles. The monoisotopic (exact) mass is 298 g/mol. The van der Waals surface area contributed by atoms with Crippen molar-refractivity contribution in [1.82, 2.24) is 5.43 Å². The summed E-state index contributed by atoms with van der Waals surface area (Å²) in [5.74, 6) is 1.05. The highest BCUT2D eigenvalue weighted by Crippen LogP contribution is 2.22. The molecule has 0 heterocycles. The molecule has 0 fully saturated rings. The summed E-state index contributed by atoms with van der Waals surface area (Å²) >= 11 is 0. The van der Waals surface area contributed by atoms with E-state index in [2.05, 4.69) is 10.5 Å². The van der Waals surface area contributed by atoms with E-state index < -0.39 is 0 Å². The second-order valence-corrected chi connectivity index (χ2v) is 4.67. The van der Waals surface area contributed by atoms with Crippen LogP contribution >= 0.6 is 0 Å². The summed E-state index contributed by atoms with van der Waals surface area (Å²) in [6.45, 7) is 1.97. The van der Waals surface area contributed by atoms with E-state index in [0.29, 0.717) is 17.1 Å². The molecular weight excluding hydrogens is 280 g/mol. The van der Waals surface area contributed by atoms with Crippen LogP contribution in [0.25, 0.3) is 0 Å². The molecule has 0 aromatic heterocycles. The van der Waals surface area contributed by atoms with Gasteiger partial charge in [0.15, 0.2) is 0 Å². The lowest BCUT2D eigenvalue weighted by atomic mass is 10.1. The molecule has 2 aromatic rings. The van der Waals surface area contributed by atoms with Gasteiger partial charge in [-0.3, -0.25) is 4.79 Å². The highest BCUT2D eigenvalue weighted by molar-refractivity contribution is 5.95. The van der Waals surface area contributed by atoms with Crippen molar-refractivity contribution >= 4 is 12.1 Å². The lowest BCUT2D eigenvalue weighted by Gasteiger charge is -2.07. The van der Waals surface area contributed by atoms with E-state index in [4.69, 9.17) is 9.47 Å². The minimum absolute atomic E-state index is 0.260. The Hall–Kier alpha value is -2.82. The molecule has 0 aliphatic rings. The molecule has 0 unspecified atom stereocenters. The number of aryl methyl sites for hydroxylation is 1. The number of rotatable bonds is 5. The van der Waals surface area contributed by atoms with Gasteiger partial charge in [-0.25, -0.2) is 5.43 Å². The number of hydrogen-bond donors (Lipinski definition) is 1. The van der Waals surface area contributed by atoms with E-state index in [1.165, 1.54) is 6.21 Å². The molecule has 0 spiro atoms. The molecule has 1 N–H and O–H groups in total. The molecule has 0 atom stereocenters. The third kappa shape index (κ3) is 3.85. The highest BCUT2D eigenvalue weighted by Gasteiger charge is 2.05. The van der Waals surface area contributed by atoms with Crippen molar-refractivity contribution in [2.24, 2.45) is 5.10 Å². The van der Waals surface area contributed by atoms with E-state index in [1.807, 2.05) is 19.1 Å². The van der Waals surface area contributed by atoms with Crippen LogP contribution in [0.3, 0.4) is 0 Å². The predicted octanol–water partition coefficient (Wildman–Crippen LogP) is 2.78. The zero-order valence-corrected chi connectivity index (χ0v) is 12.8. The Balaban J connectivity index is 2.06. The minimum atomic E-state index is -0.260. The Kier molecular flexibility index (Phi) is 5.14. The molecule has 0 radical (unpaired) electrons. The van der Waals surface area contributed by atoms with E-state index in [-0.39, 0.29) is 5.91 Å². The topological polar surface area (TPSA) is 59.9 Å². The first-order valence-electron chi connectivity index (χ1n) is 6.76. The maximum atomic E-state index is 11.9. The Morgan fingerprint density at radius 2 is 1.82 bits per heavy atom. The fraction of sp³-hybridized carbons (Fsp3) is 0.176. The Labute approximate surface area is 129 Å². The van der Waals surface area contributed by atoms with Crippen LogP contribution in [0.1, 0.15) is 21.5 Å². The van der Waals surface area contributed by atoms with Crippen molar-refractivity contribution in [1.29, 1.82) is 0 Å². The third-order valence-electron chi connectivity index (χ3n) is 3.12. The minimum Gasteiger partial charge on any atom is -0.497 e. The van der Waals surface area contributed by atoms with Crippen LogP contribution in [0.15, 0.2) is 47.6 Å². The summed E-state index contributed by atoms with van der Waals surface area (Å²) in [6.07, 6.45) is 1.53. The largest absolute Gasteiger partial charge is 0.497 e. The number of nitrogens with one attached hydrogen (secondary N) is 1. The summed E-state index contributed by atoms with van der Waals surface area (Å²) in [7, 11) is 3.15. The number of ether oxygens (including phenoxy) is 2. The number of hydrazone groups is 1. The van der Waals surface area contributed by atoms with Gasteiger partial charge in [-0.15, -0.1) is 0 Å². The second-order valence-electron chi connectivity index (χ2n) is 4.67. The average Bonchev–Trinajstić information content (AvgIpc) is 2.55. The van der Waals surface area contributed by atoms with Crippen molar-refractivity contribution in [3.63, 3.8) is 0 Å². The smallest absolute Gasteiger partial charge is 0.271 e. The fourth-order valence-corrected chi connectivity index (χ4v) is 1.86. The number of amides is 1. The standard InChI is InChI=1S/C17H18N2O3/c1-12-4-6-13(7-5-12)17(20)19-18-11-14-8-9-15(21-2)10-16(14)22-3/h4-11H,1-3H3,(H,19,20)/b18-11-. The van der Waals surface area contributed by atoms with Gasteiger partial charge in [0.05, 0.1) is 20.4 Å². The zero-order valence-electron chi connectivity index (χ0n) is 12.8. The predicted molar refractivity (Wildman–Crippen MR) is 85.8 cm³/mol. The normalized spacial score (nSPS) is 10.5. The highest BCUT2D eigenvalue weighted by atomic mass is 16.5. The number of hydrogen-bond acceptors (Lipinski definition) is 4. The number of nitrogens with zero attached hydrogens (tertiary/aromatic N) is 1. The van der Waals surface area contributed by atoms with E-state index in [9.17, 15) is 4.79 Å². The number of carbonyl (C=O) groups is 1. The zero-order chi connectivity index (χ0) is 15.9. The van der Waals surface area contributed by atoms with Crippen LogP contribution in [0.2, 0.25) is 0 Å². The summed E-state index contributed by atoms with van der Waals surface area (Å²) in [5.41, 5.74) is 4.89. The molecule has 22 heavy (non-hydrogen) atoms. The number of benzene rings is 2. The molecule has 2 rings (SSSR count). The van der Waals surface area contributed by atoms with Crippen molar-refractivity contribution in [2.45, 2.75) is 6.92 Å². The Morgan fingerprint density at radius 3 is 2.45 bits per heavy atom. The molecular formula is C17H18N2O3. The van der Waals surface area contributed by atoms with E-state index in [0.717, 1.165) is 11.1 Å². The summed E-state index contributed by atoms with van der Waals surface area (Å²) in [4.78, 5) is 11.9. The molecule has 2 aromatic carbocycles. The first kappa shape index (κ1) is 15.6. The SMILES string of the molecule is COc1ccc(/C=N\NC(=O)c2ccc(C)cc2)c(OC)c1. The van der Waals surface area contributed by atoms with Gasteiger partial charge in [0.25, 0.3) is 5.91 Å². The lowest BCUT2D eigenvalue weighted by molar-refractivity contribution is 0.0955. The van der Waals surface area contributed by atoms with E-state index in [1.54, 1.807) is 44.6 Å². The summed E-state index contributed by atoms with van der Waals surface area (Å²) in [6, 6.07) is 12.6. The van der Waals surface area contributed by atoms with Crippen molar-refractivity contribution in [3.8, 4) is 11.5 Å². The molecule has 0 aliphatic heterocycles. The molecule has 1 amide bonds. The quantitative estimate of drug-likeness (QED) is 0.682. The Bertz CT molecular complexity index is 679. The second kappa shape index (κ2) is 7.26. The van der Waals surface area contributed by atoms with Gasteiger partial charge in [-0.2, -0.15) is 5.10 Å². The average molecular weight is 298 g/mol.